The first-order valence-corrected chi connectivity index (χ1v) is 10.4. The molecule has 2 aromatic carbocycles. The first kappa shape index (κ1) is 19.5. The lowest BCUT2D eigenvalue weighted by Gasteiger charge is -2.20. The fourth-order valence-corrected chi connectivity index (χ4v) is 4.24. The van der Waals surface area contributed by atoms with Gasteiger partial charge in [-0.1, -0.05) is 11.6 Å². The van der Waals surface area contributed by atoms with Gasteiger partial charge in [-0.05, 0) is 82.1 Å². The summed E-state index contributed by atoms with van der Waals surface area (Å²) in [6.45, 7) is 7.27. The van der Waals surface area contributed by atoms with E-state index in [9.17, 15) is 9.90 Å². The first-order chi connectivity index (χ1) is 14.0. The zero-order chi connectivity index (χ0) is 20.4. The highest BCUT2D eigenvalue weighted by Gasteiger charge is 2.19. The van der Waals surface area contributed by atoms with Crippen LogP contribution in [0.5, 0.6) is 5.75 Å². The topological polar surface area (TPSA) is 54.7 Å². The van der Waals surface area contributed by atoms with Crippen molar-refractivity contribution in [1.82, 2.24) is 9.47 Å². The van der Waals surface area contributed by atoms with Crippen molar-refractivity contribution in [2.45, 2.75) is 39.2 Å². The van der Waals surface area contributed by atoms with Crippen LogP contribution in [0.15, 0.2) is 48.5 Å². The number of likely N-dealkylation sites (tertiary alicyclic amines) is 1. The Bertz CT molecular complexity index is 1010. The number of rotatable bonds is 7. The minimum Gasteiger partial charge on any atom is -0.494 e. The zero-order valence-corrected chi connectivity index (χ0v) is 17.1. The highest BCUT2D eigenvalue weighted by Crippen LogP contribution is 2.27. The number of hydrogen-bond acceptors (Lipinski definition) is 3. The predicted octanol–water partition coefficient (Wildman–Crippen LogP) is 4.89. The second-order valence-corrected chi connectivity index (χ2v) is 7.96. The van der Waals surface area contributed by atoms with Crippen molar-refractivity contribution >= 4 is 16.9 Å². The number of nitrogens with zero attached hydrogens (tertiary/aromatic N) is 2. The predicted molar refractivity (Wildman–Crippen MR) is 115 cm³/mol. The molecule has 0 unspecified atom stereocenters. The lowest BCUT2D eigenvalue weighted by Crippen LogP contribution is -2.28. The number of carboxylic acids is 1. The maximum Gasteiger partial charge on any atom is 0.352 e. The third-order valence-corrected chi connectivity index (χ3v) is 5.82. The quantitative estimate of drug-likeness (QED) is 0.582. The summed E-state index contributed by atoms with van der Waals surface area (Å²) in [7, 11) is 0. The molecule has 1 atom stereocenters. The van der Waals surface area contributed by atoms with E-state index in [0.29, 0.717) is 12.6 Å². The summed E-state index contributed by atoms with van der Waals surface area (Å²) in [6, 6.07) is 16.1. The number of ether oxygens (including phenoxy) is 1. The van der Waals surface area contributed by atoms with Crippen LogP contribution in [0.3, 0.4) is 0 Å². The van der Waals surface area contributed by atoms with Crippen molar-refractivity contribution in [3.63, 3.8) is 0 Å². The Morgan fingerprint density at radius 3 is 2.66 bits per heavy atom. The van der Waals surface area contributed by atoms with Crippen LogP contribution in [0, 0.1) is 6.92 Å². The molecule has 0 radical (unpaired) electrons. The molecule has 1 fully saturated rings. The van der Waals surface area contributed by atoms with E-state index in [1.165, 1.54) is 19.4 Å². The monoisotopic (exact) mass is 392 g/mol. The standard InChI is InChI=1S/C24H28N2O3/c1-17-6-11-22-19(15-17)16-23(24(27)28)26(22)20-7-9-21(10-8-20)29-14-4-13-25-12-3-5-18(25)2/h6-11,15-16,18H,3-5,12-14H2,1-2H3,(H,27,28)/t18-/m1/s1. The third kappa shape index (κ3) is 4.15. The molecular weight excluding hydrogens is 364 g/mol. The van der Waals surface area contributed by atoms with Gasteiger partial charge in [0.25, 0.3) is 0 Å². The van der Waals surface area contributed by atoms with Gasteiger partial charge in [-0.2, -0.15) is 0 Å². The largest absolute Gasteiger partial charge is 0.494 e. The molecule has 0 bridgehead atoms. The molecular formula is C24H28N2O3. The molecule has 2 heterocycles. The van der Waals surface area contributed by atoms with Crippen LogP contribution in [-0.4, -0.2) is 46.3 Å². The van der Waals surface area contributed by atoms with Gasteiger partial charge >= 0.3 is 5.97 Å². The van der Waals surface area contributed by atoms with Crippen LogP contribution in [-0.2, 0) is 0 Å². The number of aryl methyl sites for hydroxylation is 1. The number of carbonyl (C=O) groups is 1. The summed E-state index contributed by atoms with van der Waals surface area (Å²) in [5, 5.41) is 10.6. The van der Waals surface area contributed by atoms with Crippen molar-refractivity contribution in [3.8, 4) is 11.4 Å². The van der Waals surface area contributed by atoms with E-state index in [0.717, 1.165) is 40.9 Å². The van der Waals surface area contributed by atoms with E-state index in [1.54, 1.807) is 10.6 Å². The summed E-state index contributed by atoms with van der Waals surface area (Å²) >= 11 is 0. The molecule has 1 N–H and O–H groups in total. The third-order valence-electron chi connectivity index (χ3n) is 5.82. The molecule has 3 aromatic rings. The smallest absolute Gasteiger partial charge is 0.352 e. The fourth-order valence-electron chi connectivity index (χ4n) is 4.24. The summed E-state index contributed by atoms with van der Waals surface area (Å²) < 4.78 is 7.69. The van der Waals surface area contributed by atoms with Crippen LogP contribution in [0.2, 0.25) is 0 Å². The van der Waals surface area contributed by atoms with Crippen molar-refractivity contribution in [2.75, 3.05) is 19.7 Å². The average molecular weight is 392 g/mol. The second kappa shape index (κ2) is 8.29. The van der Waals surface area contributed by atoms with Crippen LogP contribution in [0.1, 0.15) is 42.2 Å². The van der Waals surface area contributed by atoms with Crippen LogP contribution < -0.4 is 4.74 Å². The van der Waals surface area contributed by atoms with E-state index in [2.05, 4.69) is 11.8 Å². The molecule has 5 nitrogen and oxygen atoms in total. The van der Waals surface area contributed by atoms with Gasteiger partial charge in [0.15, 0.2) is 0 Å². The summed E-state index contributed by atoms with van der Waals surface area (Å²) in [4.78, 5) is 14.3. The highest BCUT2D eigenvalue weighted by molar-refractivity contribution is 5.96. The molecule has 1 aliphatic heterocycles. The highest BCUT2D eigenvalue weighted by atomic mass is 16.5. The number of hydrogen-bond donors (Lipinski definition) is 1. The van der Waals surface area contributed by atoms with Crippen LogP contribution in [0.25, 0.3) is 16.6 Å². The Labute approximate surface area is 171 Å². The van der Waals surface area contributed by atoms with Crippen molar-refractivity contribution in [1.29, 1.82) is 0 Å². The van der Waals surface area contributed by atoms with E-state index >= 15 is 0 Å². The van der Waals surface area contributed by atoms with Gasteiger partial charge in [0.1, 0.15) is 11.4 Å². The molecule has 1 aliphatic rings. The molecule has 0 spiro atoms. The van der Waals surface area contributed by atoms with E-state index in [-0.39, 0.29) is 5.69 Å². The van der Waals surface area contributed by atoms with Crippen molar-refractivity contribution in [2.24, 2.45) is 0 Å². The van der Waals surface area contributed by atoms with Gasteiger partial charge in [0.05, 0.1) is 12.1 Å². The maximum absolute atomic E-state index is 11.8. The number of fused-ring (bicyclic) bond motifs is 1. The van der Waals surface area contributed by atoms with Crippen LogP contribution >= 0.6 is 0 Å². The lowest BCUT2D eigenvalue weighted by atomic mass is 10.2. The summed E-state index contributed by atoms with van der Waals surface area (Å²) in [5.41, 5.74) is 3.08. The van der Waals surface area contributed by atoms with Gasteiger partial charge < -0.3 is 19.3 Å². The fraction of sp³-hybridized carbons (Fsp3) is 0.375. The molecule has 29 heavy (non-hydrogen) atoms. The van der Waals surface area contributed by atoms with Gasteiger partial charge in [0, 0.05) is 23.7 Å². The average Bonchev–Trinajstić information content (AvgIpc) is 3.29. The Morgan fingerprint density at radius 2 is 1.97 bits per heavy atom. The van der Waals surface area contributed by atoms with E-state index in [1.807, 2.05) is 49.4 Å². The number of aromatic carboxylic acids is 1. The lowest BCUT2D eigenvalue weighted by molar-refractivity contribution is 0.0688. The molecule has 0 saturated carbocycles. The van der Waals surface area contributed by atoms with Gasteiger partial charge in [-0.15, -0.1) is 0 Å². The minimum absolute atomic E-state index is 0.263. The van der Waals surface area contributed by atoms with Crippen molar-refractivity contribution < 1.29 is 14.6 Å². The Balaban J connectivity index is 1.46. The zero-order valence-electron chi connectivity index (χ0n) is 17.1. The number of benzene rings is 2. The summed E-state index contributed by atoms with van der Waals surface area (Å²) in [6.07, 6.45) is 3.61. The Morgan fingerprint density at radius 1 is 1.17 bits per heavy atom. The number of carboxylic acid groups (broad SMARTS) is 1. The van der Waals surface area contributed by atoms with Gasteiger partial charge in [-0.3, -0.25) is 0 Å². The van der Waals surface area contributed by atoms with Crippen molar-refractivity contribution in [3.05, 3.63) is 59.8 Å². The molecule has 1 saturated heterocycles. The van der Waals surface area contributed by atoms with E-state index < -0.39 is 5.97 Å². The van der Waals surface area contributed by atoms with Gasteiger partial charge in [-0.25, -0.2) is 4.79 Å². The van der Waals surface area contributed by atoms with Crippen LogP contribution in [0.4, 0.5) is 0 Å². The molecule has 0 amide bonds. The second-order valence-electron chi connectivity index (χ2n) is 7.96. The number of aromatic nitrogens is 1. The molecule has 152 valence electrons. The van der Waals surface area contributed by atoms with Gasteiger partial charge in [0.2, 0.25) is 0 Å². The molecule has 1 aromatic heterocycles. The normalized spacial score (nSPS) is 17.1. The Hall–Kier alpha value is -2.79. The minimum atomic E-state index is -0.935. The molecule has 4 rings (SSSR count). The molecule has 0 aliphatic carbocycles. The first-order valence-electron chi connectivity index (χ1n) is 10.4. The SMILES string of the molecule is Cc1ccc2c(c1)cc(C(=O)O)n2-c1ccc(OCCCN2CCC[C@H]2C)cc1. The van der Waals surface area contributed by atoms with E-state index in [4.69, 9.17) is 4.74 Å². The maximum atomic E-state index is 11.8. The Kier molecular flexibility index (Phi) is 5.58. The summed E-state index contributed by atoms with van der Waals surface area (Å²) in [5.74, 6) is -0.122. The molecule has 5 heteroatoms.